The van der Waals surface area contributed by atoms with Crippen molar-refractivity contribution in [2.45, 2.75) is 44.6 Å². The molecule has 2 aromatic heterocycles. The Morgan fingerprint density at radius 2 is 1.92 bits per heavy atom. The van der Waals surface area contributed by atoms with Crippen molar-refractivity contribution >= 4 is 15.9 Å². The van der Waals surface area contributed by atoms with Crippen molar-refractivity contribution in [3.63, 3.8) is 0 Å². The van der Waals surface area contributed by atoms with E-state index < -0.39 is 15.9 Å². The maximum absolute atomic E-state index is 12.8. The molecule has 8 heteroatoms. The van der Waals surface area contributed by atoms with Gasteiger partial charge in [-0.25, -0.2) is 13.6 Å². The van der Waals surface area contributed by atoms with Crippen LogP contribution in [-0.2, 0) is 16.6 Å². The Morgan fingerprint density at radius 3 is 2.48 bits per heavy atom. The van der Waals surface area contributed by atoms with E-state index in [1.807, 2.05) is 12.1 Å². The minimum absolute atomic E-state index is 0.0231. The highest BCUT2D eigenvalue weighted by molar-refractivity contribution is 7.89. The highest BCUT2D eigenvalue weighted by Crippen LogP contribution is 2.47. The van der Waals surface area contributed by atoms with Gasteiger partial charge in [0.05, 0.1) is 6.54 Å². The van der Waals surface area contributed by atoms with E-state index in [1.165, 1.54) is 11.8 Å². The van der Waals surface area contributed by atoms with Gasteiger partial charge in [0.2, 0.25) is 10.0 Å². The van der Waals surface area contributed by atoms with Gasteiger partial charge in [-0.05, 0) is 38.3 Å². The second-order valence-corrected chi connectivity index (χ2v) is 8.25. The lowest BCUT2D eigenvalue weighted by Gasteiger charge is -2.16. The molecule has 1 saturated carbocycles. The summed E-state index contributed by atoms with van der Waals surface area (Å²) < 4.78 is 34.8. The van der Waals surface area contributed by atoms with Crippen molar-refractivity contribution < 1.29 is 22.0 Å². The fourth-order valence-corrected chi connectivity index (χ4v) is 4.10. The lowest BCUT2D eigenvalue weighted by molar-refractivity contribution is 0.0769. The van der Waals surface area contributed by atoms with Gasteiger partial charge in [0, 0.05) is 13.0 Å². The molecule has 1 fully saturated rings. The van der Waals surface area contributed by atoms with E-state index >= 15 is 0 Å². The third kappa shape index (κ3) is 3.36. The molecule has 25 heavy (non-hydrogen) atoms. The van der Waals surface area contributed by atoms with Crippen LogP contribution in [0.5, 0.6) is 0 Å². The smallest absolute Gasteiger partial charge is 0.258 e. The van der Waals surface area contributed by atoms with Crippen molar-refractivity contribution in [1.29, 1.82) is 0 Å². The molecule has 0 saturated heterocycles. The van der Waals surface area contributed by atoms with Gasteiger partial charge < -0.3 is 13.7 Å². The number of nitrogens with zero attached hydrogens (tertiary/aromatic N) is 1. The van der Waals surface area contributed by atoms with Crippen LogP contribution in [0.25, 0.3) is 0 Å². The zero-order chi connectivity index (χ0) is 18.5. The molecule has 0 aromatic carbocycles. The molecular weight excluding hydrogens is 344 g/mol. The molecule has 0 aliphatic heterocycles. The number of carbonyl (C=O) groups is 1. The van der Waals surface area contributed by atoms with Crippen molar-refractivity contribution in [1.82, 2.24) is 4.90 Å². The normalized spacial score (nSPS) is 19.9. The number of amides is 1. The molecule has 0 bridgehead atoms. The standard InChI is InChI=1S/C17H22N2O5S/c1-9-7-13(9)14-6-5-12(24-14)8-19(4)17(20)15-10(2)23-11(3)16(15)25(18,21)22/h5-6,9,13H,7-8H2,1-4H3,(H2,18,21,22)/t9-,13-/m0/s1. The van der Waals surface area contributed by atoms with E-state index in [1.54, 1.807) is 14.0 Å². The Kier molecular flexibility index (Phi) is 4.28. The summed E-state index contributed by atoms with van der Waals surface area (Å²) in [4.78, 5) is 13.9. The molecule has 2 atom stereocenters. The summed E-state index contributed by atoms with van der Waals surface area (Å²) >= 11 is 0. The van der Waals surface area contributed by atoms with Gasteiger partial charge in [0.1, 0.15) is 33.5 Å². The molecule has 1 aliphatic carbocycles. The summed E-state index contributed by atoms with van der Waals surface area (Å²) in [7, 11) is -2.48. The number of nitrogens with two attached hydrogens (primary N) is 1. The van der Waals surface area contributed by atoms with Gasteiger partial charge in [-0.2, -0.15) is 0 Å². The van der Waals surface area contributed by atoms with Crippen molar-refractivity contribution in [3.8, 4) is 0 Å². The minimum atomic E-state index is -4.06. The van der Waals surface area contributed by atoms with Crippen LogP contribution in [0.1, 0.15) is 52.7 Å². The van der Waals surface area contributed by atoms with Crippen LogP contribution in [0, 0.1) is 19.8 Å². The molecule has 1 amide bonds. The minimum Gasteiger partial charge on any atom is -0.464 e. The van der Waals surface area contributed by atoms with Crippen LogP contribution in [-0.4, -0.2) is 26.3 Å². The quantitative estimate of drug-likeness (QED) is 0.875. The second kappa shape index (κ2) is 6.03. The number of carbonyl (C=O) groups excluding carboxylic acids is 1. The number of furan rings is 2. The Morgan fingerprint density at radius 1 is 1.28 bits per heavy atom. The van der Waals surface area contributed by atoms with E-state index in [0.29, 0.717) is 17.6 Å². The van der Waals surface area contributed by atoms with Crippen LogP contribution in [0.4, 0.5) is 0 Å². The maximum Gasteiger partial charge on any atom is 0.258 e. The third-order valence-electron chi connectivity index (χ3n) is 4.60. The van der Waals surface area contributed by atoms with Crippen LogP contribution in [0.2, 0.25) is 0 Å². The molecular formula is C17H22N2O5S. The monoisotopic (exact) mass is 366 g/mol. The van der Waals surface area contributed by atoms with Crippen LogP contribution in [0.15, 0.2) is 25.9 Å². The van der Waals surface area contributed by atoms with Gasteiger partial charge in [-0.3, -0.25) is 4.79 Å². The molecule has 1 aliphatic rings. The van der Waals surface area contributed by atoms with Crippen LogP contribution in [0.3, 0.4) is 0 Å². The maximum atomic E-state index is 12.8. The lowest BCUT2D eigenvalue weighted by Crippen LogP contribution is -2.28. The molecule has 0 unspecified atom stereocenters. The van der Waals surface area contributed by atoms with Gasteiger partial charge in [-0.1, -0.05) is 6.92 Å². The summed E-state index contributed by atoms with van der Waals surface area (Å²) in [6.07, 6.45) is 1.12. The zero-order valence-corrected chi connectivity index (χ0v) is 15.5. The van der Waals surface area contributed by atoms with Crippen molar-refractivity contribution in [2.24, 2.45) is 11.1 Å². The summed E-state index contributed by atoms with van der Waals surface area (Å²) in [5.41, 5.74) is -0.0231. The predicted molar refractivity (Wildman–Crippen MR) is 90.6 cm³/mol. The van der Waals surface area contributed by atoms with Gasteiger partial charge in [0.25, 0.3) is 5.91 Å². The zero-order valence-electron chi connectivity index (χ0n) is 14.7. The highest BCUT2D eigenvalue weighted by atomic mass is 32.2. The fraction of sp³-hybridized carbons (Fsp3) is 0.471. The Labute approximate surface area is 146 Å². The predicted octanol–water partition coefficient (Wildman–Crippen LogP) is 2.53. The molecule has 2 heterocycles. The molecule has 0 spiro atoms. The number of sulfonamides is 1. The Hall–Kier alpha value is -2.06. The Bertz CT molecular complexity index is 925. The molecule has 0 radical (unpaired) electrons. The lowest BCUT2D eigenvalue weighted by atomic mass is 10.2. The number of aryl methyl sites for hydroxylation is 2. The van der Waals surface area contributed by atoms with Crippen molar-refractivity contribution in [3.05, 3.63) is 40.7 Å². The van der Waals surface area contributed by atoms with E-state index in [-0.39, 0.29) is 28.5 Å². The molecule has 3 rings (SSSR count). The average molecular weight is 366 g/mol. The summed E-state index contributed by atoms with van der Waals surface area (Å²) in [5.74, 6) is 2.54. The fourth-order valence-electron chi connectivity index (χ4n) is 3.15. The van der Waals surface area contributed by atoms with Gasteiger partial charge in [0.15, 0.2) is 0 Å². The molecule has 2 N–H and O–H groups in total. The Balaban J connectivity index is 1.82. The van der Waals surface area contributed by atoms with E-state index in [4.69, 9.17) is 14.0 Å². The van der Waals surface area contributed by atoms with Gasteiger partial charge in [-0.15, -0.1) is 0 Å². The third-order valence-corrected chi connectivity index (χ3v) is 5.66. The first kappa shape index (κ1) is 17.8. The molecule has 7 nitrogen and oxygen atoms in total. The van der Waals surface area contributed by atoms with E-state index in [9.17, 15) is 13.2 Å². The average Bonchev–Trinajstić information content (AvgIpc) is 2.91. The van der Waals surface area contributed by atoms with Crippen LogP contribution < -0.4 is 5.14 Å². The summed E-state index contributed by atoms with van der Waals surface area (Å²) in [5, 5.41) is 5.24. The number of hydrogen-bond acceptors (Lipinski definition) is 5. The SMILES string of the molecule is Cc1oc(C)c(S(N)(=O)=O)c1C(=O)N(C)Cc1ccc([C@H]2C[C@@H]2C)o1. The molecule has 2 aromatic rings. The van der Waals surface area contributed by atoms with Crippen molar-refractivity contribution in [2.75, 3.05) is 7.05 Å². The second-order valence-electron chi connectivity index (χ2n) is 6.75. The largest absolute Gasteiger partial charge is 0.464 e. The molecule has 136 valence electrons. The highest BCUT2D eigenvalue weighted by Gasteiger charge is 2.37. The van der Waals surface area contributed by atoms with E-state index in [2.05, 4.69) is 6.92 Å². The summed E-state index contributed by atoms with van der Waals surface area (Å²) in [6, 6.07) is 3.78. The number of primary sulfonamides is 1. The van der Waals surface area contributed by atoms with Crippen LogP contribution >= 0.6 is 0 Å². The topological polar surface area (TPSA) is 107 Å². The summed E-state index contributed by atoms with van der Waals surface area (Å²) in [6.45, 7) is 5.41. The van der Waals surface area contributed by atoms with Gasteiger partial charge >= 0.3 is 0 Å². The first-order chi connectivity index (χ1) is 11.6. The first-order valence-electron chi connectivity index (χ1n) is 8.06. The number of hydrogen-bond donors (Lipinski definition) is 1. The number of rotatable bonds is 5. The first-order valence-corrected chi connectivity index (χ1v) is 9.61. The van der Waals surface area contributed by atoms with E-state index in [0.717, 1.165) is 12.2 Å².